The Morgan fingerprint density at radius 1 is 1.06 bits per heavy atom. The van der Waals surface area contributed by atoms with Gasteiger partial charge in [-0.15, -0.1) is 0 Å². The maximum atomic E-state index is 13.0. The number of halogens is 3. The standard InChI is InChI=1S/C13H10ClF2N/c1-8-12(14)3-2-4-13(8)17-11-6-9(15)5-10(16)7-11/h2-7,17H,1H3. The van der Waals surface area contributed by atoms with Gasteiger partial charge in [0.05, 0.1) is 0 Å². The van der Waals surface area contributed by atoms with Crippen molar-refractivity contribution >= 4 is 23.0 Å². The summed E-state index contributed by atoms with van der Waals surface area (Å²) in [4.78, 5) is 0. The molecule has 0 spiro atoms. The van der Waals surface area contributed by atoms with Crippen LogP contribution in [0.15, 0.2) is 36.4 Å². The third-order valence-electron chi connectivity index (χ3n) is 2.41. The molecule has 2 rings (SSSR count). The molecule has 4 heteroatoms. The van der Waals surface area contributed by atoms with E-state index in [9.17, 15) is 8.78 Å². The van der Waals surface area contributed by atoms with Crippen molar-refractivity contribution in [3.8, 4) is 0 Å². The Morgan fingerprint density at radius 3 is 2.35 bits per heavy atom. The zero-order valence-corrected chi connectivity index (χ0v) is 9.85. The molecule has 0 unspecified atom stereocenters. The van der Waals surface area contributed by atoms with Crippen LogP contribution in [0.1, 0.15) is 5.56 Å². The lowest BCUT2D eigenvalue weighted by Gasteiger charge is -2.10. The molecule has 88 valence electrons. The first kappa shape index (κ1) is 11.9. The molecule has 0 aromatic heterocycles. The second-order valence-corrected chi connectivity index (χ2v) is 4.10. The first-order valence-corrected chi connectivity index (χ1v) is 5.42. The Labute approximate surface area is 103 Å². The largest absolute Gasteiger partial charge is 0.355 e. The molecule has 0 fully saturated rings. The van der Waals surface area contributed by atoms with Crippen LogP contribution in [-0.4, -0.2) is 0 Å². The predicted octanol–water partition coefficient (Wildman–Crippen LogP) is 4.67. The van der Waals surface area contributed by atoms with E-state index < -0.39 is 11.6 Å². The first-order valence-electron chi connectivity index (χ1n) is 5.04. The maximum Gasteiger partial charge on any atom is 0.128 e. The SMILES string of the molecule is Cc1c(Cl)cccc1Nc1cc(F)cc(F)c1. The van der Waals surface area contributed by atoms with Crippen molar-refractivity contribution in [2.24, 2.45) is 0 Å². The monoisotopic (exact) mass is 253 g/mol. The Balaban J connectivity index is 2.34. The number of nitrogens with one attached hydrogen (secondary N) is 1. The fourth-order valence-electron chi connectivity index (χ4n) is 1.52. The van der Waals surface area contributed by atoms with Gasteiger partial charge in [-0.25, -0.2) is 8.78 Å². The van der Waals surface area contributed by atoms with E-state index in [0.29, 0.717) is 10.7 Å². The highest BCUT2D eigenvalue weighted by atomic mass is 35.5. The van der Waals surface area contributed by atoms with Gasteiger partial charge in [0.15, 0.2) is 0 Å². The zero-order valence-electron chi connectivity index (χ0n) is 9.10. The molecule has 0 radical (unpaired) electrons. The van der Waals surface area contributed by atoms with Crippen LogP contribution in [0.2, 0.25) is 5.02 Å². The van der Waals surface area contributed by atoms with E-state index in [1.165, 1.54) is 12.1 Å². The van der Waals surface area contributed by atoms with Crippen LogP contribution in [0.5, 0.6) is 0 Å². The van der Waals surface area contributed by atoms with Crippen LogP contribution < -0.4 is 5.32 Å². The van der Waals surface area contributed by atoms with Gasteiger partial charge in [0.1, 0.15) is 11.6 Å². The third kappa shape index (κ3) is 2.74. The van der Waals surface area contributed by atoms with Crippen LogP contribution in [0.25, 0.3) is 0 Å². The number of benzene rings is 2. The molecule has 0 amide bonds. The summed E-state index contributed by atoms with van der Waals surface area (Å²) in [6.45, 7) is 1.83. The molecule has 0 atom stereocenters. The highest BCUT2D eigenvalue weighted by Crippen LogP contribution is 2.26. The van der Waals surface area contributed by atoms with E-state index in [2.05, 4.69) is 5.32 Å². The van der Waals surface area contributed by atoms with Crippen molar-refractivity contribution in [2.45, 2.75) is 6.92 Å². The normalized spacial score (nSPS) is 10.4. The van der Waals surface area contributed by atoms with Crippen molar-refractivity contribution < 1.29 is 8.78 Å². The van der Waals surface area contributed by atoms with Gasteiger partial charge in [-0.2, -0.15) is 0 Å². The Kier molecular flexibility index (Phi) is 3.29. The second-order valence-electron chi connectivity index (χ2n) is 3.70. The van der Waals surface area contributed by atoms with Gasteiger partial charge in [0, 0.05) is 22.5 Å². The average molecular weight is 254 g/mol. The van der Waals surface area contributed by atoms with E-state index in [1.807, 2.05) is 6.92 Å². The maximum absolute atomic E-state index is 13.0. The number of hydrogen-bond donors (Lipinski definition) is 1. The molecule has 1 N–H and O–H groups in total. The zero-order chi connectivity index (χ0) is 12.4. The molecule has 0 saturated carbocycles. The summed E-state index contributed by atoms with van der Waals surface area (Å²) in [6, 6.07) is 8.61. The van der Waals surface area contributed by atoms with E-state index in [1.54, 1.807) is 18.2 Å². The number of anilines is 2. The van der Waals surface area contributed by atoms with Crippen molar-refractivity contribution in [1.82, 2.24) is 0 Å². The Morgan fingerprint density at radius 2 is 1.71 bits per heavy atom. The van der Waals surface area contributed by atoms with Gasteiger partial charge in [0.2, 0.25) is 0 Å². The van der Waals surface area contributed by atoms with E-state index in [4.69, 9.17) is 11.6 Å². The Hall–Kier alpha value is -1.61. The number of rotatable bonds is 2. The predicted molar refractivity (Wildman–Crippen MR) is 65.8 cm³/mol. The van der Waals surface area contributed by atoms with Crippen LogP contribution in [0.3, 0.4) is 0 Å². The van der Waals surface area contributed by atoms with Gasteiger partial charge >= 0.3 is 0 Å². The molecular formula is C13H10ClF2N. The molecule has 0 bridgehead atoms. The summed E-state index contributed by atoms with van der Waals surface area (Å²) >= 11 is 5.95. The topological polar surface area (TPSA) is 12.0 Å². The van der Waals surface area contributed by atoms with Crippen LogP contribution in [0, 0.1) is 18.6 Å². The minimum absolute atomic E-state index is 0.355. The van der Waals surface area contributed by atoms with Crippen molar-refractivity contribution in [3.63, 3.8) is 0 Å². The highest BCUT2D eigenvalue weighted by Gasteiger charge is 2.04. The fourth-order valence-corrected chi connectivity index (χ4v) is 1.70. The molecule has 0 aliphatic carbocycles. The van der Waals surface area contributed by atoms with Gasteiger partial charge in [-0.1, -0.05) is 17.7 Å². The minimum Gasteiger partial charge on any atom is -0.355 e. The summed E-state index contributed by atoms with van der Waals surface area (Å²) in [5, 5.41) is 3.53. The summed E-state index contributed by atoms with van der Waals surface area (Å²) < 4.78 is 26.0. The van der Waals surface area contributed by atoms with E-state index in [-0.39, 0.29) is 0 Å². The fraction of sp³-hybridized carbons (Fsp3) is 0.0769. The van der Waals surface area contributed by atoms with Crippen LogP contribution in [-0.2, 0) is 0 Å². The number of hydrogen-bond acceptors (Lipinski definition) is 1. The van der Waals surface area contributed by atoms with Gasteiger partial charge in [-0.3, -0.25) is 0 Å². The van der Waals surface area contributed by atoms with Gasteiger partial charge < -0.3 is 5.32 Å². The molecule has 0 heterocycles. The van der Waals surface area contributed by atoms with Crippen molar-refractivity contribution in [3.05, 3.63) is 58.6 Å². The van der Waals surface area contributed by atoms with Crippen LogP contribution >= 0.6 is 11.6 Å². The van der Waals surface area contributed by atoms with Gasteiger partial charge in [0.25, 0.3) is 0 Å². The molecule has 2 aromatic rings. The quantitative estimate of drug-likeness (QED) is 0.820. The summed E-state index contributed by atoms with van der Waals surface area (Å²) in [6.07, 6.45) is 0. The molecular weight excluding hydrogens is 244 g/mol. The molecule has 0 aliphatic rings. The molecule has 0 saturated heterocycles. The molecule has 1 nitrogen and oxygen atoms in total. The van der Waals surface area contributed by atoms with Crippen molar-refractivity contribution in [1.29, 1.82) is 0 Å². The molecule has 2 aromatic carbocycles. The lowest BCUT2D eigenvalue weighted by Crippen LogP contribution is -1.95. The molecule has 0 aliphatic heterocycles. The minimum atomic E-state index is -0.618. The van der Waals surface area contributed by atoms with E-state index in [0.717, 1.165) is 17.3 Å². The highest BCUT2D eigenvalue weighted by molar-refractivity contribution is 6.31. The van der Waals surface area contributed by atoms with Crippen LogP contribution in [0.4, 0.5) is 20.2 Å². The smallest absolute Gasteiger partial charge is 0.128 e. The second kappa shape index (κ2) is 4.72. The summed E-state index contributed by atoms with van der Waals surface area (Å²) in [5.74, 6) is -1.24. The average Bonchev–Trinajstić information content (AvgIpc) is 2.23. The summed E-state index contributed by atoms with van der Waals surface area (Å²) in [7, 11) is 0. The van der Waals surface area contributed by atoms with Crippen molar-refractivity contribution in [2.75, 3.05) is 5.32 Å². The first-order chi connectivity index (χ1) is 8.06. The lowest BCUT2D eigenvalue weighted by atomic mass is 10.2. The van der Waals surface area contributed by atoms with Gasteiger partial charge in [-0.05, 0) is 36.8 Å². The van der Waals surface area contributed by atoms with E-state index >= 15 is 0 Å². The lowest BCUT2D eigenvalue weighted by molar-refractivity contribution is 0.584. The Bertz CT molecular complexity index is 535. The summed E-state index contributed by atoms with van der Waals surface area (Å²) in [5.41, 5.74) is 1.91. The molecule has 17 heavy (non-hydrogen) atoms. The third-order valence-corrected chi connectivity index (χ3v) is 2.82.